The van der Waals surface area contributed by atoms with Gasteiger partial charge in [-0.3, -0.25) is 4.79 Å². The average molecular weight is 305 g/mol. The van der Waals surface area contributed by atoms with E-state index in [4.69, 9.17) is 11.6 Å². The van der Waals surface area contributed by atoms with E-state index in [9.17, 15) is 9.18 Å². The van der Waals surface area contributed by atoms with Gasteiger partial charge in [-0.15, -0.1) is 0 Å². The predicted octanol–water partition coefficient (Wildman–Crippen LogP) is 3.38. The zero-order chi connectivity index (χ0) is 14.8. The van der Waals surface area contributed by atoms with Gasteiger partial charge in [0.25, 0.3) is 5.91 Å². The molecule has 0 saturated heterocycles. The Labute approximate surface area is 127 Å². The van der Waals surface area contributed by atoms with E-state index < -0.39 is 11.7 Å². The van der Waals surface area contributed by atoms with Crippen LogP contribution in [0.3, 0.4) is 0 Å². The van der Waals surface area contributed by atoms with Crippen LogP contribution in [0.5, 0.6) is 0 Å². The number of nitrogens with one attached hydrogen (secondary N) is 2. The number of rotatable bonds is 2. The van der Waals surface area contributed by atoms with Crippen LogP contribution >= 0.6 is 11.6 Å². The molecule has 0 aliphatic carbocycles. The van der Waals surface area contributed by atoms with E-state index in [2.05, 4.69) is 16.7 Å². The molecule has 0 radical (unpaired) electrons. The average Bonchev–Trinajstić information content (AvgIpc) is 2.50. The summed E-state index contributed by atoms with van der Waals surface area (Å²) in [6.07, 6.45) is 0.930. The first kappa shape index (κ1) is 14.0. The summed E-state index contributed by atoms with van der Waals surface area (Å²) in [5.74, 6) is -1.00. The van der Waals surface area contributed by atoms with Crippen LogP contribution in [0.15, 0.2) is 36.4 Å². The number of hydrogen-bond donors (Lipinski definition) is 2. The van der Waals surface area contributed by atoms with Crippen molar-refractivity contribution in [3.05, 3.63) is 63.9 Å². The monoisotopic (exact) mass is 304 g/mol. The van der Waals surface area contributed by atoms with Crippen LogP contribution in [-0.2, 0) is 13.0 Å². The fourth-order valence-electron chi connectivity index (χ4n) is 2.50. The fourth-order valence-corrected chi connectivity index (χ4v) is 2.71. The van der Waals surface area contributed by atoms with E-state index in [1.54, 1.807) is 0 Å². The molecule has 0 saturated carbocycles. The maximum atomic E-state index is 13.4. The van der Waals surface area contributed by atoms with Crippen molar-refractivity contribution in [2.24, 2.45) is 0 Å². The van der Waals surface area contributed by atoms with Crippen LogP contribution < -0.4 is 10.6 Å². The van der Waals surface area contributed by atoms with Crippen molar-refractivity contribution < 1.29 is 9.18 Å². The zero-order valence-electron chi connectivity index (χ0n) is 11.2. The van der Waals surface area contributed by atoms with Crippen molar-refractivity contribution in [1.29, 1.82) is 0 Å². The molecule has 0 atom stereocenters. The van der Waals surface area contributed by atoms with E-state index in [-0.39, 0.29) is 10.6 Å². The lowest BCUT2D eigenvalue weighted by Crippen LogP contribution is -2.25. The number of carbonyl (C=O) groups excluding carboxylic acids is 1. The third-order valence-corrected chi connectivity index (χ3v) is 3.97. The number of hydrogen-bond acceptors (Lipinski definition) is 2. The maximum absolute atomic E-state index is 13.4. The third-order valence-electron chi connectivity index (χ3n) is 3.59. The Kier molecular flexibility index (Phi) is 3.90. The van der Waals surface area contributed by atoms with Gasteiger partial charge in [0, 0.05) is 12.2 Å². The summed E-state index contributed by atoms with van der Waals surface area (Å²) in [7, 11) is 0. The van der Waals surface area contributed by atoms with Gasteiger partial charge < -0.3 is 10.6 Å². The van der Waals surface area contributed by atoms with Gasteiger partial charge in [-0.05, 0) is 42.3 Å². The molecule has 0 bridgehead atoms. The molecule has 3 nitrogen and oxygen atoms in total. The number of benzene rings is 2. The van der Waals surface area contributed by atoms with Crippen molar-refractivity contribution in [1.82, 2.24) is 5.32 Å². The normalized spacial score (nSPS) is 13.6. The quantitative estimate of drug-likeness (QED) is 0.893. The Morgan fingerprint density at radius 3 is 2.90 bits per heavy atom. The molecule has 1 heterocycles. The van der Waals surface area contributed by atoms with Gasteiger partial charge in [0.2, 0.25) is 0 Å². The van der Waals surface area contributed by atoms with E-state index in [1.165, 1.54) is 23.8 Å². The van der Waals surface area contributed by atoms with Gasteiger partial charge in [0.1, 0.15) is 5.82 Å². The van der Waals surface area contributed by atoms with Gasteiger partial charge in [-0.1, -0.05) is 29.8 Å². The maximum Gasteiger partial charge on any atom is 0.257 e. The second-order valence-electron chi connectivity index (χ2n) is 4.93. The van der Waals surface area contributed by atoms with Crippen LogP contribution in [0.2, 0.25) is 5.02 Å². The molecule has 21 heavy (non-hydrogen) atoms. The van der Waals surface area contributed by atoms with Gasteiger partial charge in [0.05, 0.1) is 10.6 Å². The molecule has 0 aromatic heterocycles. The lowest BCUT2D eigenvalue weighted by Gasteiger charge is -2.20. The van der Waals surface area contributed by atoms with Gasteiger partial charge >= 0.3 is 0 Å². The Balaban J connectivity index is 1.90. The summed E-state index contributed by atoms with van der Waals surface area (Å²) < 4.78 is 13.4. The standard InChI is InChI=1S/C16H14ClFN2O/c17-15-11(4-2-5-13(15)18)16(21)20-14-6-1-3-10-7-8-19-9-12(10)14/h1-6,19H,7-9H2,(H,20,21). The molecule has 1 aliphatic heterocycles. The summed E-state index contributed by atoms with van der Waals surface area (Å²) >= 11 is 5.85. The highest BCUT2D eigenvalue weighted by Gasteiger charge is 2.17. The highest BCUT2D eigenvalue weighted by molar-refractivity contribution is 6.34. The Morgan fingerprint density at radius 2 is 2.05 bits per heavy atom. The summed E-state index contributed by atoms with van der Waals surface area (Å²) in [5, 5.41) is 5.95. The van der Waals surface area contributed by atoms with Crippen LogP contribution in [0, 0.1) is 5.82 Å². The van der Waals surface area contributed by atoms with Gasteiger partial charge in [0.15, 0.2) is 0 Å². The van der Waals surface area contributed by atoms with Crippen molar-refractivity contribution in [3.8, 4) is 0 Å². The number of amides is 1. The van der Waals surface area contributed by atoms with Crippen molar-refractivity contribution in [3.63, 3.8) is 0 Å². The third kappa shape index (κ3) is 2.77. The summed E-state index contributed by atoms with van der Waals surface area (Å²) in [5.41, 5.74) is 3.17. The molecule has 0 spiro atoms. The van der Waals surface area contributed by atoms with Crippen LogP contribution in [-0.4, -0.2) is 12.5 Å². The van der Waals surface area contributed by atoms with Crippen molar-refractivity contribution in [2.45, 2.75) is 13.0 Å². The minimum Gasteiger partial charge on any atom is -0.322 e. The highest BCUT2D eigenvalue weighted by Crippen LogP contribution is 2.25. The second kappa shape index (κ2) is 5.84. The van der Waals surface area contributed by atoms with Crippen molar-refractivity contribution in [2.75, 3.05) is 11.9 Å². The van der Waals surface area contributed by atoms with E-state index in [1.807, 2.05) is 12.1 Å². The van der Waals surface area contributed by atoms with Crippen molar-refractivity contribution >= 4 is 23.2 Å². The Hall–Kier alpha value is -1.91. The molecule has 0 fully saturated rings. The number of fused-ring (bicyclic) bond motifs is 1. The largest absolute Gasteiger partial charge is 0.322 e. The Bertz CT molecular complexity index is 703. The number of carbonyl (C=O) groups is 1. The van der Waals surface area contributed by atoms with Gasteiger partial charge in [-0.2, -0.15) is 0 Å². The molecule has 108 valence electrons. The molecule has 0 unspecified atom stereocenters. The first-order valence-corrected chi connectivity index (χ1v) is 7.11. The molecule has 2 aromatic rings. The number of halogens is 2. The molecule has 1 amide bonds. The van der Waals surface area contributed by atoms with E-state index in [0.29, 0.717) is 6.54 Å². The molecule has 1 aliphatic rings. The minimum atomic E-state index is -0.596. The topological polar surface area (TPSA) is 41.1 Å². The van der Waals surface area contributed by atoms with E-state index in [0.717, 1.165) is 24.2 Å². The number of anilines is 1. The fraction of sp³-hybridized carbons (Fsp3) is 0.188. The van der Waals surface area contributed by atoms with E-state index >= 15 is 0 Å². The molecule has 2 aromatic carbocycles. The first-order valence-electron chi connectivity index (χ1n) is 6.73. The second-order valence-corrected chi connectivity index (χ2v) is 5.30. The zero-order valence-corrected chi connectivity index (χ0v) is 12.0. The molecule has 2 N–H and O–H groups in total. The summed E-state index contributed by atoms with van der Waals surface area (Å²) in [6, 6.07) is 10.0. The summed E-state index contributed by atoms with van der Waals surface area (Å²) in [4.78, 5) is 12.3. The lowest BCUT2D eigenvalue weighted by molar-refractivity contribution is 0.102. The molecular weight excluding hydrogens is 291 g/mol. The lowest BCUT2D eigenvalue weighted by atomic mass is 9.99. The molecule has 3 rings (SSSR count). The van der Waals surface area contributed by atoms with Crippen LogP contribution in [0.25, 0.3) is 0 Å². The smallest absolute Gasteiger partial charge is 0.257 e. The van der Waals surface area contributed by atoms with Crippen LogP contribution in [0.4, 0.5) is 10.1 Å². The SMILES string of the molecule is O=C(Nc1cccc2c1CNCC2)c1cccc(F)c1Cl. The van der Waals surface area contributed by atoms with Crippen LogP contribution in [0.1, 0.15) is 21.5 Å². The summed E-state index contributed by atoms with van der Waals surface area (Å²) in [6.45, 7) is 1.64. The molecule has 5 heteroatoms. The first-order chi connectivity index (χ1) is 10.2. The minimum absolute atomic E-state index is 0.137. The molecular formula is C16H14ClFN2O. The van der Waals surface area contributed by atoms with Gasteiger partial charge in [-0.25, -0.2) is 4.39 Å². The predicted molar refractivity (Wildman–Crippen MR) is 81.2 cm³/mol. The Morgan fingerprint density at radius 1 is 1.24 bits per heavy atom. The highest BCUT2D eigenvalue weighted by atomic mass is 35.5.